The van der Waals surface area contributed by atoms with Crippen molar-refractivity contribution in [2.75, 3.05) is 13.2 Å². The third-order valence-electron chi connectivity index (χ3n) is 5.21. The number of halogens is 3. The summed E-state index contributed by atoms with van der Waals surface area (Å²) in [7, 11) is 0. The molecule has 0 fully saturated rings. The summed E-state index contributed by atoms with van der Waals surface area (Å²) in [5.74, 6) is -1.93. The highest BCUT2D eigenvalue weighted by atomic mass is 19.4. The molecular weight excluding hydrogens is 421 g/mol. The Balaban J connectivity index is 2.16. The minimum atomic E-state index is -4.63. The lowest BCUT2D eigenvalue weighted by Gasteiger charge is -2.11. The van der Waals surface area contributed by atoms with Crippen LogP contribution < -0.4 is 0 Å². The highest BCUT2D eigenvalue weighted by Gasteiger charge is 2.30. The number of esters is 2. The van der Waals surface area contributed by atoms with Crippen LogP contribution in [0.15, 0.2) is 24.3 Å². The lowest BCUT2D eigenvalue weighted by Crippen LogP contribution is -2.22. The number of hydrogen-bond donors (Lipinski definition) is 0. The average Bonchev–Trinajstić information content (AvgIpc) is 2.77. The zero-order chi connectivity index (χ0) is 23.7. The Morgan fingerprint density at radius 3 is 1.53 bits per heavy atom. The molecule has 0 unspecified atom stereocenters. The average molecular weight is 459 g/mol. The fraction of sp³-hybridized carbons (Fsp3) is 0.680. The molecule has 7 heteroatoms. The Hall–Kier alpha value is -2.05. The van der Waals surface area contributed by atoms with Crippen molar-refractivity contribution in [1.82, 2.24) is 0 Å². The van der Waals surface area contributed by atoms with Crippen molar-refractivity contribution in [3.05, 3.63) is 35.4 Å². The van der Waals surface area contributed by atoms with E-state index < -0.39 is 24.7 Å². The third kappa shape index (κ3) is 13.4. The van der Waals surface area contributed by atoms with E-state index in [9.17, 15) is 22.8 Å². The van der Waals surface area contributed by atoms with Crippen LogP contribution >= 0.6 is 0 Å². The van der Waals surface area contributed by atoms with Gasteiger partial charge in [0.2, 0.25) is 0 Å². The fourth-order valence-electron chi connectivity index (χ4n) is 3.43. The maximum Gasteiger partial charge on any atom is 0.422 e. The third-order valence-corrected chi connectivity index (χ3v) is 5.21. The molecule has 182 valence electrons. The molecule has 1 aromatic rings. The van der Waals surface area contributed by atoms with Gasteiger partial charge in [-0.15, -0.1) is 0 Å². The van der Waals surface area contributed by atoms with E-state index in [0.29, 0.717) is 6.42 Å². The molecule has 0 radical (unpaired) electrons. The summed E-state index contributed by atoms with van der Waals surface area (Å²) < 4.78 is 46.2. The van der Waals surface area contributed by atoms with Gasteiger partial charge in [-0.05, 0) is 18.6 Å². The van der Waals surface area contributed by atoms with Gasteiger partial charge in [-0.2, -0.15) is 13.2 Å². The van der Waals surface area contributed by atoms with Gasteiger partial charge >= 0.3 is 18.1 Å². The van der Waals surface area contributed by atoms with Gasteiger partial charge in [0.05, 0.1) is 17.7 Å². The predicted molar refractivity (Wildman–Crippen MR) is 119 cm³/mol. The molecule has 0 saturated carbocycles. The molecule has 0 spiro atoms. The van der Waals surface area contributed by atoms with Crippen LogP contribution in [-0.4, -0.2) is 31.3 Å². The number of carbonyl (C=O) groups is 2. The van der Waals surface area contributed by atoms with Crippen LogP contribution in [0.1, 0.15) is 111 Å². The van der Waals surface area contributed by atoms with Gasteiger partial charge in [0.1, 0.15) is 0 Å². The Bertz CT molecular complexity index is 659. The molecule has 0 aliphatic heterocycles. The molecule has 4 nitrogen and oxygen atoms in total. The molecule has 0 heterocycles. The molecule has 0 saturated heterocycles. The number of unbranched alkanes of at least 4 members (excludes halogenated alkanes) is 12. The van der Waals surface area contributed by atoms with Crippen molar-refractivity contribution in [3.63, 3.8) is 0 Å². The van der Waals surface area contributed by atoms with E-state index in [1.807, 2.05) is 0 Å². The number of ether oxygens (including phenoxy) is 2. The molecule has 0 bridgehead atoms. The highest BCUT2D eigenvalue weighted by molar-refractivity contribution is 6.03. The maximum absolute atomic E-state index is 12.2. The van der Waals surface area contributed by atoms with Crippen LogP contribution in [0.25, 0.3) is 0 Å². The van der Waals surface area contributed by atoms with Gasteiger partial charge < -0.3 is 9.47 Å². The van der Waals surface area contributed by atoms with E-state index in [1.165, 1.54) is 82.1 Å². The summed E-state index contributed by atoms with van der Waals surface area (Å²) in [4.78, 5) is 24.1. The first-order chi connectivity index (χ1) is 15.3. The normalized spacial score (nSPS) is 11.4. The van der Waals surface area contributed by atoms with Crippen molar-refractivity contribution in [1.29, 1.82) is 0 Å². The molecule has 0 amide bonds. The summed E-state index contributed by atoms with van der Waals surface area (Å²) in [6.07, 6.45) is 11.1. The van der Waals surface area contributed by atoms with Gasteiger partial charge in [-0.1, -0.05) is 96.1 Å². The first-order valence-corrected chi connectivity index (χ1v) is 11.8. The van der Waals surface area contributed by atoms with Crippen LogP contribution in [0.4, 0.5) is 13.2 Å². The number of carbonyl (C=O) groups excluding carboxylic acids is 2. The minimum absolute atomic E-state index is 0.0885. The summed E-state index contributed by atoms with van der Waals surface area (Å²) in [5.41, 5.74) is -0.318. The molecule has 0 aliphatic carbocycles. The molecule has 0 aromatic heterocycles. The maximum atomic E-state index is 12.2. The van der Waals surface area contributed by atoms with Gasteiger partial charge in [0.25, 0.3) is 0 Å². The number of alkyl halides is 3. The van der Waals surface area contributed by atoms with Crippen molar-refractivity contribution in [2.24, 2.45) is 0 Å². The zero-order valence-electron chi connectivity index (χ0n) is 19.2. The largest absolute Gasteiger partial charge is 0.462 e. The molecule has 32 heavy (non-hydrogen) atoms. The fourth-order valence-corrected chi connectivity index (χ4v) is 3.43. The minimum Gasteiger partial charge on any atom is -0.462 e. The summed E-state index contributed by atoms with van der Waals surface area (Å²) in [6.45, 7) is 0.740. The van der Waals surface area contributed by atoms with Gasteiger partial charge in [0.15, 0.2) is 6.61 Å². The van der Waals surface area contributed by atoms with E-state index in [2.05, 4.69) is 11.7 Å². The number of benzene rings is 1. The second kappa shape index (κ2) is 16.6. The van der Waals surface area contributed by atoms with Crippen molar-refractivity contribution in [2.45, 2.75) is 96.6 Å². The Labute approximate surface area is 189 Å². The zero-order valence-corrected chi connectivity index (χ0v) is 19.2. The lowest BCUT2D eigenvalue weighted by molar-refractivity contribution is -0.161. The number of hydrogen-bond acceptors (Lipinski definition) is 4. The first-order valence-electron chi connectivity index (χ1n) is 11.8. The van der Waals surface area contributed by atoms with Crippen molar-refractivity contribution >= 4 is 11.9 Å². The van der Waals surface area contributed by atoms with Crippen LogP contribution in [0.3, 0.4) is 0 Å². The van der Waals surface area contributed by atoms with Gasteiger partial charge in [0, 0.05) is 0 Å². The molecule has 0 atom stereocenters. The van der Waals surface area contributed by atoms with E-state index in [0.717, 1.165) is 19.3 Å². The van der Waals surface area contributed by atoms with Gasteiger partial charge in [-0.3, -0.25) is 0 Å². The quantitative estimate of drug-likeness (QED) is 0.178. The lowest BCUT2D eigenvalue weighted by atomic mass is 10.0. The highest BCUT2D eigenvalue weighted by Crippen LogP contribution is 2.18. The second-order valence-corrected chi connectivity index (χ2v) is 8.12. The van der Waals surface area contributed by atoms with E-state index in [1.54, 1.807) is 0 Å². The van der Waals surface area contributed by atoms with Crippen molar-refractivity contribution < 1.29 is 32.2 Å². The van der Waals surface area contributed by atoms with E-state index >= 15 is 0 Å². The number of rotatable bonds is 17. The molecule has 1 rings (SSSR count). The monoisotopic (exact) mass is 458 g/mol. The summed E-state index contributed by atoms with van der Waals surface area (Å²) in [6, 6.07) is 5.56. The van der Waals surface area contributed by atoms with Crippen LogP contribution in [0, 0.1) is 0 Å². The van der Waals surface area contributed by atoms with Gasteiger partial charge in [-0.25, -0.2) is 9.59 Å². The molecule has 1 aromatic carbocycles. The predicted octanol–water partition coefficient (Wildman–Crippen LogP) is 7.65. The second-order valence-electron chi connectivity index (χ2n) is 8.12. The Morgan fingerprint density at radius 1 is 0.688 bits per heavy atom. The van der Waals surface area contributed by atoms with E-state index in [-0.39, 0.29) is 17.7 Å². The SMILES string of the molecule is CCCCCCCCCCCCCCCOC(=O)c1ccccc1C(=O)OCC(F)(F)F. The molecular formula is C25H37F3O4. The molecule has 0 N–H and O–H groups in total. The standard InChI is InChI=1S/C25H37F3O4/c1-2-3-4-5-6-7-8-9-10-11-12-13-16-19-31-23(29)21-17-14-15-18-22(21)24(30)32-20-25(26,27)28/h14-15,17-18H,2-13,16,19-20H2,1H3. The van der Waals surface area contributed by atoms with E-state index in [4.69, 9.17) is 4.74 Å². The Kier molecular flexibility index (Phi) is 14.5. The topological polar surface area (TPSA) is 52.6 Å². The van der Waals surface area contributed by atoms with Crippen molar-refractivity contribution in [3.8, 4) is 0 Å². The molecule has 0 aliphatic rings. The van der Waals surface area contributed by atoms with Crippen LogP contribution in [0.2, 0.25) is 0 Å². The summed E-state index contributed by atoms with van der Waals surface area (Å²) >= 11 is 0. The summed E-state index contributed by atoms with van der Waals surface area (Å²) in [5, 5.41) is 0. The first kappa shape index (κ1) is 28.0. The van der Waals surface area contributed by atoms with Crippen LogP contribution in [0.5, 0.6) is 0 Å². The van der Waals surface area contributed by atoms with Crippen LogP contribution in [-0.2, 0) is 9.47 Å². The Morgan fingerprint density at radius 2 is 1.09 bits per heavy atom. The smallest absolute Gasteiger partial charge is 0.422 e.